The summed E-state index contributed by atoms with van der Waals surface area (Å²) in [6, 6.07) is 7.64. The monoisotopic (exact) mass is 183 g/mol. The number of hydrogen-bond acceptors (Lipinski definition) is 3. The molecule has 0 unspecified atom stereocenters. The van der Waals surface area contributed by atoms with Crippen molar-refractivity contribution in [1.29, 1.82) is 0 Å². The number of anilines is 1. The van der Waals surface area contributed by atoms with Crippen LogP contribution in [0, 0.1) is 0 Å². The Balaban J connectivity index is 2.85. The van der Waals surface area contributed by atoms with Crippen molar-refractivity contribution in [2.45, 2.75) is 0 Å². The molecule has 0 saturated carbocycles. The topological polar surface area (TPSA) is 28.0 Å². The van der Waals surface area contributed by atoms with E-state index in [1.807, 2.05) is 43.3 Å². The first-order valence-electron chi connectivity index (χ1n) is 3.53. The minimum Gasteiger partial charge on any atom is -0.378 e. The second-order valence-corrected chi connectivity index (χ2v) is 2.74. The highest BCUT2D eigenvalue weighted by molar-refractivity contribution is 6.14. The Bertz CT molecular complexity index is 266. The van der Waals surface area contributed by atoms with Crippen LogP contribution in [0.3, 0.4) is 0 Å². The molecule has 0 fully saturated rings. The highest BCUT2D eigenvalue weighted by Crippen LogP contribution is 2.18. The largest absolute Gasteiger partial charge is 0.378 e. The molecule has 0 aliphatic heterocycles. The highest BCUT2D eigenvalue weighted by atomic mass is 35.5. The molecule has 0 aliphatic rings. The standard InChI is InChI=1S/C8H10ClN3/c1-12(2)8-5-3-7(4-6-8)10-11-9/h3-6H,1-2H3. The summed E-state index contributed by atoms with van der Waals surface area (Å²) in [5.41, 5.74) is 1.89. The molecule has 0 aliphatic carbocycles. The fraction of sp³-hybridized carbons (Fsp3) is 0.250. The number of halogens is 1. The minimum absolute atomic E-state index is 0.760. The van der Waals surface area contributed by atoms with E-state index in [2.05, 4.69) is 9.75 Å². The van der Waals surface area contributed by atoms with Crippen LogP contribution in [-0.4, -0.2) is 14.1 Å². The quantitative estimate of drug-likeness (QED) is 0.648. The molecule has 0 bridgehead atoms. The Hall–Kier alpha value is -1.09. The molecule has 3 nitrogen and oxygen atoms in total. The molecule has 12 heavy (non-hydrogen) atoms. The molecule has 1 aromatic carbocycles. The molecule has 1 rings (SSSR count). The van der Waals surface area contributed by atoms with Crippen LogP contribution in [0.4, 0.5) is 11.4 Å². The van der Waals surface area contributed by atoms with Crippen molar-refractivity contribution in [3.8, 4) is 0 Å². The fourth-order valence-electron chi connectivity index (χ4n) is 0.861. The molecule has 0 spiro atoms. The van der Waals surface area contributed by atoms with E-state index in [0.29, 0.717) is 0 Å². The third kappa shape index (κ3) is 2.20. The number of rotatable bonds is 2. The van der Waals surface area contributed by atoms with Gasteiger partial charge in [-0.25, -0.2) is 0 Å². The van der Waals surface area contributed by atoms with Crippen LogP contribution in [-0.2, 0) is 0 Å². The zero-order valence-corrected chi connectivity index (χ0v) is 7.78. The lowest BCUT2D eigenvalue weighted by atomic mass is 10.3. The van der Waals surface area contributed by atoms with Crippen LogP contribution in [0.1, 0.15) is 0 Å². The predicted molar refractivity (Wildman–Crippen MR) is 51.1 cm³/mol. The summed E-state index contributed by atoms with van der Waals surface area (Å²) in [7, 11) is 3.97. The van der Waals surface area contributed by atoms with Crippen LogP contribution in [0.2, 0.25) is 0 Å². The van der Waals surface area contributed by atoms with Crippen molar-refractivity contribution >= 4 is 23.2 Å². The van der Waals surface area contributed by atoms with Gasteiger partial charge in [0, 0.05) is 19.8 Å². The molecule has 0 amide bonds. The van der Waals surface area contributed by atoms with E-state index in [9.17, 15) is 0 Å². The van der Waals surface area contributed by atoms with Crippen molar-refractivity contribution in [2.75, 3.05) is 19.0 Å². The smallest absolute Gasteiger partial charge is 0.0869 e. The van der Waals surface area contributed by atoms with Gasteiger partial charge >= 0.3 is 0 Å². The van der Waals surface area contributed by atoms with Gasteiger partial charge in [0.05, 0.1) is 17.5 Å². The number of hydrogen-bond donors (Lipinski definition) is 0. The summed E-state index contributed by atoms with van der Waals surface area (Å²) in [5.74, 6) is 0. The third-order valence-corrected chi connectivity index (χ3v) is 1.59. The molecule has 0 N–H and O–H groups in total. The molecule has 0 heterocycles. The van der Waals surface area contributed by atoms with E-state index in [1.165, 1.54) is 0 Å². The van der Waals surface area contributed by atoms with Crippen molar-refractivity contribution in [1.82, 2.24) is 0 Å². The fourth-order valence-corrected chi connectivity index (χ4v) is 0.948. The summed E-state index contributed by atoms with van der Waals surface area (Å²) >= 11 is 5.09. The van der Waals surface area contributed by atoms with E-state index in [0.717, 1.165) is 11.4 Å². The highest BCUT2D eigenvalue weighted by Gasteiger charge is 1.93. The molecular formula is C8H10ClN3. The first-order chi connectivity index (χ1) is 5.74. The normalized spacial score (nSPS) is 10.6. The molecule has 0 aromatic heterocycles. The zero-order valence-electron chi connectivity index (χ0n) is 7.03. The molecular weight excluding hydrogens is 174 g/mol. The third-order valence-electron chi connectivity index (χ3n) is 1.52. The van der Waals surface area contributed by atoms with E-state index >= 15 is 0 Å². The van der Waals surface area contributed by atoms with Gasteiger partial charge in [-0.05, 0) is 24.3 Å². The van der Waals surface area contributed by atoms with Gasteiger partial charge in [-0.15, -0.1) is 5.11 Å². The summed E-state index contributed by atoms with van der Waals surface area (Å²) in [5, 5.41) is 3.68. The van der Waals surface area contributed by atoms with Gasteiger partial charge in [0.25, 0.3) is 0 Å². The average Bonchev–Trinajstić information content (AvgIpc) is 2.06. The number of benzene rings is 1. The van der Waals surface area contributed by atoms with Crippen LogP contribution in [0.5, 0.6) is 0 Å². The second-order valence-electron chi connectivity index (χ2n) is 2.59. The molecule has 0 atom stereocenters. The van der Waals surface area contributed by atoms with Crippen LogP contribution in [0.15, 0.2) is 34.0 Å². The van der Waals surface area contributed by atoms with Gasteiger partial charge in [0.2, 0.25) is 0 Å². The summed E-state index contributed by atoms with van der Waals surface area (Å²) in [4.78, 5) is 2.02. The van der Waals surface area contributed by atoms with Gasteiger partial charge in [-0.1, -0.05) is 4.63 Å². The van der Waals surface area contributed by atoms with Gasteiger partial charge in [-0.3, -0.25) is 0 Å². The maximum atomic E-state index is 5.09. The maximum Gasteiger partial charge on any atom is 0.0869 e. The first kappa shape index (κ1) is 9.00. The Labute approximate surface area is 76.8 Å². The lowest BCUT2D eigenvalue weighted by Gasteiger charge is -2.11. The van der Waals surface area contributed by atoms with Crippen LogP contribution < -0.4 is 4.90 Å². The molecule has 64 valence electrons. The van der Waals surface area contributed by atoms with Gasteiger partial charge in [-0.2, -0.15) is 0 Å². The molecule has 0 radical (unpaired) electrons. The van der Waals surface area contributed by atoms with Crippen molar-refractivity contribution in [3.05, 3.63) is 24.3 Å². The summed E-state index contributed by atoms with van der Waals surface area (Å²) in [6.45, 7) is 0. The lowest BCUT2D eigenvalue weighted by molar-refractivity contribution is 1.13. The van der Waals surface area contributed by atoms with Crippen molar-refractivity contribution in [2.24, 2.45) is 9.75 Å². The Kier molecular flexibility index (Phi) is 3.05. The SMILES string of the molecule is CN(C)c1ccc(N=NCl)cc1. The second kappa shape index (κ2) is 4.07. The van der Waals surface area contributed by atoms with Gasteiger partial charge in [0.1, 0.15) is 0 Å². The van der Waals surface area contributed by atoms with Crippen molar-refractivity contribution < 1.29 is 0 Å². The van der Waals surface area contributed by atoms with E-state index < -0.39 is 0 Å². The maximum absolute atomic E-state index is 5.09. The number of nitrogens with zero attached hydrogens (tertiary/aromatic N) is 3. The average molecular weight is 184 g/mol. The van der Waals surface area contributed by atoms with E-state index in [1.54, 1.807) is 0 Å². The minimum atomic E-state index is 0.760. The predicted octanol–water partition coefficient (Wildman–Crippen LogP) is 2.99. The lowest BCUT2D eigenvalue weighted by Crippen LogP contribution is -2.07. The van der Waals surface area contributed by atoms with Crippen LogP contribution >= 0.6 is 11.8 Å². The Morgan fingerprint density at radius 2 is 1.75 bits per heavy atom. The van der Waals surface area contributed by atoms with E-state index in [-0.39, 0.29) is 0 Å². The first-order valence-corrected chi connectivity index (χ1v) is 3.87. The zero-order chi connectivity index (χ0) is 8.97. The van der Waals surface area contributed by atoms with Crippen molar-refractivity contribution in [3.63, 3.8) is 0 Å². The molecule has 4 heteroatoms. The Morgan fingerprint density at radius 3 is 2.17 bits per heavy atom. The summed E-state index contributed by atoms with van der Waals surface area (Å²) < 4.78 is 3.16. The molecule has 0 saturated heterocycles. The van der Waals surface area contributed by atoms with Crippen LogP contribution in [0.25, 0.3) is 0 Å². The Morgan fingerprint density at radius 1 is 1.17 bits per heavy atom. The summed E-state index contributed by atoms with van der Waals surface area (Å²) in [6.07, 6.45) is 0. The van der Waals surface area contributed by atoms with Gasteiger partial charge in [0.15, 0.2) is 0 Å². The molecule has 1 aromatic rings. The van der Waals surface area contributed by atoms with E-state index in [4.69, 9.17) is 11.8 Å². The van der Waals surface area contributed by atoms with Gasteiger partial charge < -0.3 is 4.90 Å².